The van der Waals surface area contributed by atoms with Crippen molar-refractivity contribution < 1.29 is 9.59 Å². The minimum Gasteiger partial charge on any atom is -0.392 e. The largest absolute Gasteiger partial charge is 0.392 e. The average molecular weight is 351 g/mol. The number of carbonyl (C=O) groups excluding carboxylic acids is 2. The van der Waals surface area contributed by atoms with Gasteiger partial charge in [0.2, 0.25) is 0 Å². The Hall–Kier alpha value is -3.48. The van der Waals surface area contributed by atoms with Gasteiger partial charge in [0, 0.05) is 44.2 Å². The molecular formula is C19H21N5O2. The van der Waals surface area contributed by atoms with Gasteiger partial charge in [-0.15, -0.1) is 0 Å². The Morgan fingerprint density at radius 2 is 1.85 bits per heavy atom. The van der Waals surface area contributed by atoms with Crippen molar-refractivity contribution >= 4 is 18.0 Å². The van der Waals surface area contributed by atoms with Crippen LogP contribution >= 0.6 is 0 Å². The molecule has 1 aromatic carbocycles. The van der Waals surface area contributed by atoms with E-state index in [1.807, 2.05) is 30.3 Å². The van der Waals surface area contributed by atoms with Crippen molar-refractivity contribution in [3.63, 3.8) is 0 Å². The second-order valence-corrected chi connectivity index (χ2v) is 5.46. The summed E-state index contributed by atoms with van der Waals surface area (Å²) in [4.78, 5) is 28.9. The Morgan fingerprint density at radius 3 is 2.46 bits per heavy atom. The van der Waals surface area contributed by atoms with E-state index in [9.17, 15) is 9.59 Å². The van der Waals surface area contributed by atoms with E-state index < -0.39 is 5.91 Å². The van der Waals surface area contributed by atoms with Crippen molar-refractivity contribution in [3.05, 3.63) is 76.9 Å². The van der Waals surface area contributed by atoms with Gasteiger partial charge in [-0.3, -0.25) is 9.59 Å². The highest BCUT2D eigenvalue weighted by Gasteiger charge is 2.14. The molecule has 0 saturated heterocycles. The molecule has 4 N–H and O–H groups in total. The summed E-state index contributed by atoms with van der Waals surface area (Å²) in [5.41, 5.74) is 2.40. The molecule has 7 heteroatoms. The summed E-state index contributed by atoms with van der Waals surface area (Å²) in [5, 5.41) is 15.2. The smallest absolute Gasteiger partial charge is 0.269 e. The summed E-state index contributed by atoms with van der Waals surface area (Å²) in [6.45, 7) is 0. The van der Waals surface area contributed by atoms with E-state index in [4.69, 9.17) is 5.41 Å². The first-order chi connectivity index (χ1) is 12.6. The predicted molar refractivity (Wildman–Crippen MR) is 100 cm³/mol. The Kier molecular flexibility index (Phi) is 6.61. The molecule has 0 aliphatic heterocycles. The zero-order valence-corrected chi connectivity index (χ0v) is 14.7. The van der Waals surface area contributed by atoms with Crippen LogP contribution in [0.15, 0.2) is 54.4 Å². The van der Waals surface area contributed by atoms with Gasteiger partial charge in [-0.05, 0) is 17.7 Å². The molecular weight excluding hydrogens is 330 g/mol. The molecule has 7 nitrogen and oxygen atoms in total. The summed E-state index contributed by atoms with van der Waals surface area (Å²) in [7, 11) is 3.18. The summed E-state index contributed by atoms with van der Waals surface area (Å²) < 4.78 is 0. The standard InChI is InChI=1S/C19H21N5O2/c1-21-12-16(11-20)24-18(25)14-9-15(8-13-6-4-3-5-7-13)23-17(10-14)19(26)22-2/h3-7,9-12,20-21H,8H2,1-2H3,(H,22,26)(H,24,25)/b16-12+,20-11?. The fraction of sp³-hybridized carbons (Fsp3) is 0.158. The predicted octanol–water partition coefficient (Wildman–Crippen LogP) is 1.47. The van der Waals surface area contributed by atoms with Crippen molar-refractivity contribution in [2.75, 3.05) is 14.1 Å². The Labute approximate surface area is 152 Å². The van der Waals surface area contributed by atoms with Gasteiger partial charge in [0.05, 0.1) is 5.70 Å². The lowest BCUT2D eigenvalue weighted by molar-refractivity contribution is 0.0958. The maximum Gasteiger partial charge on any atom is 0.269 e. The summed E-state index contributed by atoms with van der Waals surface area (Å²) in [5.74, 6) is -0.788. The zero-order valence-electron chi connectivity index (χ0n) is 14.7. The van der Waals surface area contributed by atoms with Gasteiger partial charge in [0.25, 0.3) is 11.8 Å². The SMILES string of the molecule is CN/C=C(\C=N)NC(=O)c1cc(Cc2ccccc2)nc(C(=O)NC)c1. The Bertz CT molecular complexity index is 831. The molecule has 2 amide bonds. The molecule has 0 radical (unpaired) electrons. The zero-order chi connectivity index (χ0) is 18.9. The fourth-order valence-electron chi connectivity index (χ4n) is 2.33. The molecule has 0 atom stereocenters. The number of hydrogen-bond donors (Lipinski definition) is 4. The van der Waals surface area contributed by atoms with Crippen molar-refractivity contribution in [1.29, 1.82) is 5.41 Å². The molecule has 0 fully saturated rings. The van der Waals surface area contributed by atoms with Gasteiger partial charge in [-0.1, -0.05) is 30.3 Å². The molecule has 26 heavy (non-hydrogen) atoms. The van der Waals surface area contributed by atoms with E-state index >= 15 is 0 Å². The van der Waals surface area contributed by atoms with Crippen LogP contribution in [0, 0.1) is 5.41 Å². The van der Waals surface area contributed by atoms with Gasteiger partial charge in [-0.2, -0.15) is 0 Å². The Balaban J connectivity index is 2.36. The molecule has 0 saturated carbocycles. The number of carbonyl (C=O) groups is 2. The van der Waals surface area contributed by atoms with Crippen LogP contribution in [0.25, 0.3) is 0 Å². The Morgan fingerprint density at radius 1 is 1.12 bits per heavy atom. The van der Waals surface area contributed by atoms with Crippen molar-refractivity contribution in [3.8, 4) is 0 Å². The van der Waals surface area contributed by atoms with E-state index in [0.717, 1.165) is 11.8 Å². The molecule has 1 aromatic heterocycles. The molecule has 2 rings (SSSR count). The highest BCUT2D eigenvalue weighted by molar-refractivity contribution is 6.01. The van der Waals surface area contributed by atoms with Crippen LogP contribution in [-0.4, -0.2) is 37.1 Å². The first-order valence-electron chi connectivity index (χ1n) is 8.03. The maximum absolute atomic E-state index is 12.5. The second-order valence-electron chi connectivity index (χ2n) is 5.46. The molecule has 2 aromatic rings. The summed E-state index contributed by atoms with van der Waals surface area (Å²) in [6, 6.07) is 12.8. The highest BCUT2D eigenvalue weighted by atomic mass is 16.2. The van der Waals surface area contributed by atoms with E-state index in [2.05, 4.69) is 20.9 Å². The molecule has 1 heterocycles. The molecule has 0 aliphatic carbocycles. The average Bonchev–Trinajstić information content (AvgIpc) is 2.67. The van der Waals surface area contributed by atoms with Crippen LogP contribution in [0.5, 0.6) is 0 Å². The number of hydrogen-bond acceptors (Lipinski definition) is 5. The minimum atomic E-state index is -0.420. The minimum absolute atomic E-state index is 0.167. The topological polar surface area (TPSA) is 107 Å². The summed E-state index contributed by atoms with van der Waals surface area (Å²) >= 11 is 0. The molecule has 0 bridgehead atoms. The number of amides is 2. The first kappa shape index (κ1) is 18.9. The number of nitrogens with one attached hydrogen (secondary N) is 4. The van der Waals surface area contributed by atoms with Crippen LogP contribution in [-0.2, 0) is 6.42 Å². The van der Waals surface area contributed by atoms with Crippen LogP contribution in [0.3, 0.4) is 0 Å². The van der Waals surface area contributed by atoms with Crippen molar-refractivity contribution in [1.82, 2.24) is 20.9 Å². The number of benzene rings is 1. The van der Waals surface area contributed by atoms with Crippen LogP contribution in [0.2, 0.25) is 0 Å². The van der Waals surface area contributed by atoms with Crippen LogP contribution < -0.4 is 16.0 Å². The van der Waals surface area contributed by atoms with E-state index in [1.165, 1.54) is 19.3 Å². The first-order valence-corrected chi connectivity index (χ1v) is 8.03. The van der Waals surface area contributed by atoms with Crippen LogP contribution in [0.4, 0.5) is 0 Å². The summed E-state index contributed by atoms with van der Waals surface area (Å²) in [6.07, 6.45) is 3.02. The lowest BCUT2D eigenvalue weighted by atomic mass is 10.1. The lowest BCUT2D eigenvalue weighted by Crippen LogP contribution is -2.26. The third-order valence-electron chi connectivity index (χ3n) is 3.54. The normalized spacial score (nSPS) is 10.8. The van der Waals surface area contributed by atoms with E-state index in [0.29, 0.717) is 23.4 Å². The second kappa shape index (κ2) is 9.12. The van der Waals surface area contributed by atoms with E-state index in [1.54, 1.807) is 13.1 Å². The quantitative estimate of drug-likeness (QED) is 0.567. The highest BCUT2D eigenvalue weighted by Crippen LogP contribution is 2.12. The third kappa shape index (κ3) is 5.01. The molecule has 134 valence electrons. The maximum atomic E-state index is 12.5. The van der Waals surface area contributed by atoms with Crippen LogP contribution in [0.1, 0.15) is 32.1 Å². The monoisotopic (exact) mass is 351 g/mol. The third-order valence-corrected chi connectivity index (χ3v) is 3.54. The van der Waals surface area contributed by atoms with Gasteiger partial charge < -0.3 is 21.4 Å². The van der Waals surface area contributed by atoms with Gasteiger partial charge in [-0.25, -0.2) is 4.98 Å². The lowest BCUT2D eigenvalue weighted by Gasteiger charge is -2.10. The van der Waals surface area contributed by atoms with Gasteiger partial charge in [0.1, 0.15) is 5.69 Å². The van der Waals surface area contributed by atoms with Crippen molar-refractivity contribution in [2.24, 2.45) is 0 Å². The van der Waals surface area contributed by atoms with Crippen molar-refractivity contribution in [2.45, 2.75) is 6.42 Å². The molecule has 0 unspecified atom stereocenters. The van der Waals surface area contributed by atoms with E-state index in [-0.39, 0.29) is 11.6 Å². The number of nitrogens with zero attached hydrogens (tertiary/aromatic N) is 1. The number of rotatable bonds is 7. The number of allylic oxidation sites excluding steroid dienone is 1. The molecule has 0 spiro atoms. The number of aromatic nitrogens is 1. The van der Waals surface area contributed by atoms with Gasteiger partial charge >= 0.3 is 0 Å². The fourth-order valence-corrected chi connectivity index (χ4v) is 2.33. The molecule has 0 aliphatic rings. The number of pyridine rings is 1. The van der Waals surface area contributed by atoms with Gasteiger partial charge in [0.15, 0.2) is 0 Å².